The summed E-state index contributed by atoms with van der Waals surface area (Å²) in [5.74, 6) is -0.826. The predicted molar refractivity (Wildman–Crippen MR) is 123 cm³/mol. The van der Waals surface area contributed by atoms with Crippen molar-refractivity contribution >= 4 is 24.5 Å². The maximum Gasteiger partial charge on any atom is 0.345 e. The molecule has 5 N–H and O–H groups in total. The number of nitrogens with two attached hydrogens (primary N) is 1. The largest absolute Gasteiger partial charge is 0.478 e. The monoisotopic (exact) mass is 443 g/mol. The van der Waals surface area contributed by atoms with Gasteiger partial charge in [-0.05, 0) is 25.2 Å². The summed E-state index contributed by atoms with van der Waals surface area (Å²) in [5.41, 5.74) is 4.28. The molecule has 8 heteroatoms. The van der Waals surface area contributed by atoms with Crippen LogP contribution in [-0.4, -0.2) is 63.6 Å². The molecule has 0 aromatic carbocycles. The number of thiol groups is 1. The summed E-state index contributed by atoms with van der Waals surface area (Å²) >= 11 is 4.18. The van der Waals surface area contributed by atoms with Crippen LogP contribution in [0, 0.1) is 5.92 Å². The number of unbranched alkanes of at least 4 members (excludes halogenated alkanes) is 2. The van der Waals surface area contributed by atoms with Gasteiger partial charge >= 0.3 is 5.97 Å². The second kappa shape index (κ2) is 14.1. The van der Waals surface area contributed by atoms with E-state index in [2.05, 4.69) is 31.8 Å². The van der Waals surface area contributed by atoms with Crippen LogP contribution in [0.1, 0.15) is 71.6 Å². The van der Waals surface area contributed by atoms with E-state index in [1.807, 2.05) is 12.2 Å². The van der Waals surface area contributed by atoms with Crippen LogP contribution >= 0.6 is 12.6 Å². The maximum atomic E-state index is 13.4. The Labute approximate surface area is 186 Å². The van der Waals surface area contributed by atoms with Crippen molar-refractivity contribution in [2.24, 2.45) is 11.7 Å². The molecule has 0 spiro atoms. The zero-order valence-electron chi connectivity index (χ0n) is 18.6. The van der Waals surface area contributed by atoms with Crippen molar-refractivity contribution in [2.45, 2.75) is 89.4 Å². The fraction of sp³-hybridized carbons (Fsp3) is 0.818. The SMILES string of the molecule is CCCC/C=C/CC(=O)N([C@@H]1CCCC[C@@H]1C)[C@](CCO)(NC[C@@H](N)CS)C(=O)O. The van der Waals surface area contributed by atoms with E-state index in [0.29, 0.717) is 5.75 Å². The van der Waals surface area contributed by atoms with Gasteiger partial charge in [0.15, 0.2) is 5.66 Å². The van der Waals surface area contributed by atoms with Gasteiger partial charge in [0.2, 0.25) is 5.91 Å². The summed E-state index contributed by atoms with van der Waals surface area (Å²) in [6, 6.07) is -0.557. The average molecular weight is 444 g/mol. The number of rotatable bonds is 14. The summed E-state index contributed by atoms with van der Waals surface area (Å²) < 4.78 is 0. The lowest BCUT2D eigenvalue weighted by Gasteiger charge is -2.49. The Bertz CT molecular complexity index is 561. The fourth-order valence-corrected chi connectivity index (χ4v) is 4.32. The van der Waals surface area contributed by atoms with Crippen LogP contribution in [0.3, 0.4) is 0 Å². The third-order valence-electron chi connectivity index (χ3n) is 5.98. The van der Waals surface area contributed by atoms with E-state index in [-0.39, 0.29) is 49.9 Å². The molecule has 0 radical (unpaired) electrons. The number of aliphatic hydroxyl groups is 1. The molecule has 0 aromatic rings. The second-order valence-corrected chi connectivity index (χ2v) is 8.74. The molecular formula is C22H41N3O4S. The molecule has 30 heavy (non-hydrogen) atoms. The summed E-state index contributed by atoms with van der Waals surface area (Å²) in [5, 5.41) is 23.1. The Hall–Kier alpha value is -1.09. The number of hydrogen-bond acceptors (Lipinski definition) is 6. The highest BCUT2D eigenvalue weighted by molar-refractivity contribution is 7.80. The third kappa shape index (κ3) is 7.55. The van der Waals surface area contributed by atoms with Gasteiger partial charge in [0.1, 0.15) is 0 Å². The van der Waals surface area contributed by atoms with E-state index >= 15 is 0 Å². The lowest BCUT2D eigenvalue weighted by atomic mass is 9.82. The molecule has 174 valence electrons. The first kappa shape index (κ1) is 26.9. The molecule has 0 saturated heterocycles. The lowest BCUT2D eigenvalue weighted by molar-refractivity contribution is -0.169. The number of carbonyl (C=O) groups is 2. The first-order valence-electron chi connectivity index (χ1n) is 11.3. The van der Waals surface area contributed by atoms with Crippen molar-refractivity contribution in [1.29, 1.82) is 0 Å². The maximum absolute atomic E-state index is 13.4. The van der Waals surface area contributed by atoms with E-state index in [1.165, 1.54) is 4.90 Å². The molecular weight excluding hydrogens is 402 g/mol. The molecule has 0 unspecified atom stereocenters. The van der Waals surface area contributed by atoms with Gasteiger partial charge in [-0.2, -0.15) is 12.6 Å². The highest BCUT2D eigenvalue weighted by atomic mass is 32.1. The molecule has 0 aromatic heterocycles. The molecule has 1 saturated carbocycles. The van der Waals surface area contributed by atoms with Gasteiger partial charge in [-0.25, -0.2) is 4.79 Å². The van der Waals surface area contributed by atoms with E-state index in [1.54, 1.807) is 0 Å². The highest BCUT2D eigenvalue weighted by Crippen LogP contribution is 2.34. The van der Waals surface area contributed by atoms with Crippen molar-refractivity contribution in [3.63, 3.8) is 0 Å². The molecule has 0 bridgehead atoms. The molecule has 1 amide bonds. The number of carboxylic acids is 1. The number of carbonyl (C=O) groups excluding carboxylic acids is 1. The van der Waals surface area contributed by atoms with Crippen molar-refractivity contribution in [3.8, 4) is 0 Å². The predicted octanol–water partition coefficient (Wildman–Crippen LogP) is 2.54. The van der Waals surface area contributed by atoms with Gasteiger partial charge in [0, 0.05) is 43.8 Å². The van der Waals surface area contributed by atoms with Gasteiger partial charge in [-0.1, -0.05) is 51.7 Å². The first-order valence-corrected chi connectivity index (χ1v) is 11.9. The van der Waals surface area contributed by atoms with E-state index in [9.17, 15) is 19.8 Å². The van der Waals surface area contributed by atoms with Gasteiger partial charge in [-0.15, -0.1) is 0 Å². The minimum absolute atomic E-state index is 0.101. The number of amides is 1. The average Bonchev–Trinajstić information content (AvgIpc) is 2.72. The van der Waals surface area contributed by atoms with Crippen molar-refractivity contribution in [3.05, 3.63) is 12.2 Å². The van der Waals surface area contributed by atoms with Crippen LogP contribution in [0.2, 0.25) is 0 Å². The molecule has 1 aliphatic carbocycles. The third-order valence-corrected chi connectivity index (χ3v) is 6.45. The Balaban J connectivity index is 3.27. The van der Waals surface area contributed by atoms with Crippen LogP contribution in [-0.2, 0) is 9.59 Å². The minimum atomic E-state index is -1.69. The lowest BCUT2D eigenvalue weighted by Crippen LogP contribution is -2.70. The number of hydrogen-bond donors (Lipinski definition) is 5. The normalized spacial score (nSPS) is 22.6. The standard InChI is InChI=1S/C22H41N3O4S/c1-3-4-5-6-7-12-20(27)25(19-11-9-8-10-17(19)2)22(13-14-26,21(28)29)24-15-18(23)16-30/h6-7,17-19,24,26,30H,3-5,8-16,23H2,1-2H3,(H,28,29)/b7-6+/t17-,18+,19+,22-/m0/s1. The quantitative estimate of drug-likeness (QED) is 0.122. The molecule has 1 aliphatic rings. The van der Waals surface area contributed by atoms with E-state index in [4.69, 9.17) is 5.73 Å². The molecule has 4 atom stereocenters. The van der Waals surface area contributed by atoms with Crippen LogP contribution in [0.25, 0.3) is 0 Å². The number of nitrogens with zero attached hydrogens (tertiary/aromatic N) is 1. The molecule has 0 heterocycles. The Morgan fingerprint density at radius 2 is 2.03 bits per heavy atom. The van der Waals surface area contributed by atoms with Gasteiger partial charge in [-0.3, -0.25) is 10.1 Å². The van der Waals surface area contributed by atoms with Gasteiger partial charge < -0.3 is 20.8 Å². The topological polar surface area (TPSA) is 116 Å². The van der Waals surface area contributed by atoms with Crippen molar-refractivity contribution < 1.29 is 19.8 Å². The second-order valence-electron chi connectivity index (χ2n) is 8.37. The first-order chi connectivity index (χ1) is 14.3. The summed E-state index contributed by atoms with van der Waals surface area (Å²) in [4.78, 5) is 27.5. The van der Waals surface area contributed by atoms with Gasteiger partial charge in [0.25, 0.3) is 0 Å². The van der Waals surface area contributed by atoms with E-state index < -0.39 is 11.6 Å². The van der Waals surface area contributed by atoms with Crippen LogP contribution in [0.5, 0.6) is 0 Å². The highest BCUT2D eigenvalue weighted by Gasteiger charge is 2.50. The summed E-state index contributed by atoms with van der Waals surface area (Å²) in [6.45, 7) is 4.02. The van der Waals surface area contributed by atoms with Crippen molar-refractivity contribution in [2.75, 3.05) is 18.9 Å². The molecule has 7 nitrogen and oxygen atoms in total. The number of nitrogens with one attached hydrogen (secondary N) is 1. The molecule has 1 rings (SSSR count). The van der Waals surface area contributed by atoms with Gasteiger partial charge in [0.05, 0.1) is 0 Å². The van der Waals surface area contributed by atoms with E-state index in [0.717, 1.165) is 44.9 Å². The smallest absolute Gasteiger partial charge is 0.345 e. The molecule has 0 aliphatic heterocycles. The van der Waals surface area contributed by atoms with Crippen LogP contribution in [0.15, 0.2) is 12.2 Å². The summed E-state index contributed by atoms with van der Waals surface area (Å²) in [6.07, 6.45) is 10.7. The fourth-order valence-electron chi connectivity index (χ4n) is 4.19. The van der Waals surface area contributed by atoms with Crippen molar-refractivity contribution in [1.82, 2.24) is 10.2 Å². The molecule has 1 fully saturated rings. The Kier molecular flexibility index (Phi) is 12.6. The number of aliphatic hydroxyl groups excluding tert-OH is 1. The Morgan fingerprint density at radius 3 is 2.60 bits per heavy atom. The zero-order chi connectivity index (χ0) is 22.6. The number of allylic oxidation sites excluding steroid dienone is 1. The van der Waals surface area contributed by atoms with Crippen LogP contribution in [0.4, 0.5) is 0 Å². The number of carboxylic acid groups (broad SMARTS) is 1. The Morgan fingerprint density at radius 1 is 1.33 bits per heavy atom. The van der Waals surface area contributed by atoms with Crippen LogP contribution < -0.4 is 11.1 Å². The number of aliphatic carboxylic acids is 1. The summed E-state index contributed by atoms with van der Waals surface area (Å²) in [7, 11) is 0. The minimum Gasteiger partial charge on any atom is -0.478 e. The zero-order valence-corrected chi connectivity index (χ0v) is 19.4.